The van der Waals surface area contributed by atoms with Gasteiger partial charge in [-0.2, -0.15) is 0 Å². The molecule has 0 N–H and O–H groups in total. The zero-order valence-electron chi connectivity index (χ0n) is 19.6. The van der Waals surface area contributed by atoms with Crippen molar-refractivity contribution < 1.29 is 23.8 Å². The third-order valence-electron chi connectivity index (χ3n) is 6.44. The Kier molecular flexibility index (Phi) is 6.37. The minimum Gasteiger partial charge on any atom is -0.493 e. The Balaban J connectivity index is 1.34. The van der Waals surface area contributed by atoms with Gasteiger partial charge in [0, 0.05) is 18.4 Å². The molecule has 1 aromatic heterocycles. The third kappa shape index (κ3) is 4.70. The molecule has 2 fully saturated rings. The fourth-order valence-corrected chi connectivity index (χ4v) is 4.62. The monoisotopic (exact) mass is 473 g/mol. The maximum atomic E-state index is 13.6. The summed E-state index contributed by atoms with van der Waals surface area (Å²) in [7, 11) is 1.55. The summed E-state index contributed by atoms with van der Waals surface area (Å²) >= 11 is 0. The molecule has 5 rings (SSSR count). The lowest BCUT2D eigenvalue weighted by atomic mass is 10.00. The van der Waals surface area contributed by atoms with Crippen LogP contribution in [0.25, 0.3) is 0 Å². The number of amides is 2. The minimum absolute atomic E-state index is 0.00544. The number of rotatable bonds is 6. The highest BCUT2D eigenvalue weighted by Crippen LogP contribution is 2.36. The second-order valence-corrected chi connectivity index (χ2v) is 8.71. The third-order valence-corrected chi connectivity index (χ3v) is 6.44. The lowest BCUT2D eigenvalue weighted by Gasteiger charge is -2.40. The van der Waals surface area contributed by atoms with E-state index in [9.17, 15) is 9.59 Å². The lowest BCUT2D eigenvalue weighted by molar-refractivity contribution is -0.137. The van der Waals surface area contributed by atoms with Crippen molar-refractivity contribution in [2.75, 3.05) is 38.3 Å². The molecule has 0 radical (unpaired) electrons. The Morgan fingerprint density at radius 1 is 1.06 bits per heavy atom. The Hall–Kier alpha value is -3.91. The van der Waals surface area contributed by atoms with Crippen LogP contribution in [0, 0.1) is 0 Å². The van der Waals surface area contributed by atoms with Gasteiger partial charge in [0.05, 0.1) is 31.5 Å². The molecule has 1 atom stereocenters. The molecule has 2 aromatic carbocycles. The van der Waals surface area contributed by atoms with Crippen molar-refractivity contribution in [1.29, 1.82) is 0 Å². The lowest BCUT2D eigenvalue weighted by Crippen LogP contribution is -2.56. The van der Waals surface area contributed by atoms with Crippen LogP contribution in [0.4, 0.5) is 5.69 Å². The molecule has 3 aromatic rings. The summed E-state index contributed by atoms with van der Waals surface area (Å²) in [5.74, 6) is 0.626. The van der Waals surface area contributed by atoms with E-state index >= 15 is 0 Å². The quantitative estimate of drug-likeness (QED) is 0.546. The molecule has 2 aliphatic rings. The predicted octanol–water partition coefficient (Wildman–Crippen LogP) is 3.32. The summed E-state index contributed by atoms with van der Waals surface area (Å²) in [5, 5.41) is 0. The van der Waals surface area contributed by atoms with Crippen molar-refractivity contribution >= 4 is 17.5 Å². The van der Waals surface area contributed by atoms with Gasteiger partial charge < -0.3 is 24.0 Å². The van der Waals surface area contributed by atoms with Crippen molar-refractivity contribution in [3.05, 3.63) is 84.2 Å². The molecule has 0 aliphatic carbocycles. The number of nitrogens with zero attached hydrogens (tertiary/aromatic N) is 3. The largest absolute Gasteiger partial charge is 0.493 e. The molecule has 35 heavy (non-hydrogen) atoms. The molecule has 0 unspecified atom stereocenters. The standard InChI is InChI=1S/C27H27N3O5/c1-33-23-12-7-11-22(25(23)34-16-20-8-5-6-14-28-20)26(32)29-15-13-27(18-29)19-30(24(31)17-35-27)21-9-3-2-4-10-21/h2-12,14H,13,15-19H2,1H3/t27-/m1/s1. The Bertz CT molecular complexity index is 1200. The van der Waals surface area contributed by atoms with Crippen LogP contribution >= 0.6 is 0 Å². The first-order chi connectivity index (χ1) is 17.1. The molecule has 0 bridgehead atoms. The van der Waals surface area contributed by atoms with Gasteiger partial charge in [-0.1, -0.05) is 30.3 Å². The Morgan fingerprint density at radius 2 is 1.89 bits per heavy atom. The maximum absolute atomic E-state index is 13.6. The normalized spacial score (nSPS) is 19.7. The molecular weight excluding hydrogens is 446 g/mol. The number of pyridine rings is 1. The van der Waals surface area contributed by atoms with Gasteiger partial charge in [0.15, 0.2) is 11.5 Å². The zero-order chi connectivity index (χ0) is 24.3. The van der Waals surface area contributed by atoms with Crippen LogP contribution in [-0.4, -0.2) is 60.7 Å². The highest BCUT2D eigenvalue weighted by atomic mass is 16.5. The first kappa shape index (κ1) is 22.9. The summed E-state index contributed by atoms with van der Waals surface area (Å²) in [6.07, 6.45) is 2.34. The Morgan fingerprint density at radius 3 is 2.66 bits per heavy atom. The highest BCUT2D eigenvalue weighted by Gasteiger charge is 2.47. The SMILES string of the molecule is COc1cccc(C(=O)N2CC[C@@]3(C2)CN(c2ccccc2)C(=O)CO3)c1OCc1ccccn1. The average Bonchev–Trinajstić information content (AvgIpc) is 3.33. The number of anilines is 1. The van der Waals surface area contributed by atoms with Crippen molar-refractivity contribution in [1.82, 2.24) is 9.88 Å². The molecule has 2 amide bonds. The van der Waals surface area contributed by atoms with Crippen LogP contribution in [0.15, 0.2) is 72.9 Å². The van der Waals surface area contributed by atoms with Gasteiger partial charge in [0.1, 0.15) is 18.8 Å². The van der Waals surface area contributed by atoms with E-state index in [2.05, 4.69) is 4.98 Å². The van der Waals surface area contributed by atoms with Gasteiger partial charge >= 0.3 is 0 Å². The first-order valence-electron chi connectivity index (χ1n) is 11.6. The number of hydrogen-bond acceptors (Lipinski definition) is 6. The van der Waals surface area contributed by atoms with Crippen LogP contribution in [0.1, 0.15) is 22.5 Å². The number of benzene rings is 2. The molecule has 0 saturated carbocycles. The number of carbonyl (C=O) groups is 2. The van der Waals surface area contributed by atoms with Crippen LogP contribution < -0.4 is 14.4 Å². The number of likely N-dealkylation sites (tertiary alicyclic amines) is 1. The van der Waals surface area contributed by atoms with Crippen molar-refractivity contribution in [3.8, 4) is 11.5 Å². The molecule has 2 aliphatic heterocycles. The van der Waals surface area contributed by atoms with Gasteiger partial charge in [-0.25, -0.2) is 0 Å². The average molecular weight is 474 g/mol. The van der Waals surface area contributed by atoms with E-state index in [0.717, 1.165) is 11.4 Å². The zero-order valence-corrected chi connectivity index (χ0v) is 19.6. The first-order valence-corrected chi connectivity index (χ1v) is 11.6. The van der Waals surface area contributed by atoms with Crippen LogP contribution in [-0.2, 0) is 16.1 Å². The highest BCUT2D eigenvalue weighted by molar-refractivity contribution is 5.98. The summed E-state index contributed by atoms with van der Waals surface area (Å²) in [6.45, 7) is 1.52. The second kappa shape index (κ2) is 9.76. The van der Waals surface area contributed by atoms with Gasteiger partial charge in [-0.3, -0.25) is 14.6 Å². The van der Waals surface area contributed by atoms with Crippen LogP contribution in [0.3, 0.4) is 0 Å². The van der Waals surface area contributed by atoms with E-state index in [0.29, 0.717) is 43.1 Å². The van der Waals surface area contributed by atoms with Gasteiger partial charge in [-0.05, 0) is 42.8 Å². The van der Waals surface area contributed by atoms with Gasteiger partial charge in [0.2, 0.25) is 0 Å². The minimum atomic E-state index is -0.604. The van der Waals surface area contributed by atoms with Crippen molar-refractivity contribution in [2.24, 2.45) is 0 Å². The summed E-state index contributed by atoms with van der Waals surface area (Å²) in [4.78, 5) is 34.0. The number of morpholine rings is 1. The maximum Gasteiger partial charge on any atom is 0.257 e. The fraction of sp³-hybridized carbons (Fsp3) is 0.296. The molecule has 1 spiro atoms. The molecule has 8 heteroatoms. The molecular formula is C27H27N3O5. The number of ether oxygens (including phenoxy) is 3. The number of hydrogen-bond donors (Lipinski definition) is 0. The molecule has 3 heterocycles. The van der Waals surface area contributed by atoms with Crippen LogP contribution in [0.5, 0.6) is 11.5 Å². The number of methoxy groups -OCH3 is 1. The molecule has 2 saturated heterocycles. The number of para-hydroxylation sites is 2. The summed E-state index contributed by atoms with van der Waals surface area (Å²) in [5.41, 5.74) is 1.40. The van der Waals surface area contributed by atoms with E-state index in [4.69, 9.17) is 14.2 Å². The van der Waals surface area contributed by atoms with Crippen molar-refractivity contribution in [2.45, 2.75) is 18.6 Å². The number of carbonyl (C=O) groups excluding carboxylic acids is 2. The van der Waals surface area contributed by atoms with E-state index in [1.54, 1.807) is 41.3 Å². The smallest absolute Gasteiger partial charge is 0.257 e. The summed E-state index contributed by atoms with van der Waals surface area (Å²) < 4.78 is 17.6. The van der Waals surface area contributed by atoms with Crippen LogP contribution in [0.2, 0.25) is 0 Å². The van der Waals surface area contributed by atoms with E-state index in [1.165, 1.54) is 0 Å². The molecule has 180 valence electrons. The topological polar surface area (TPSA) is 81.2 Å². The van der Waals surface area contributed by atoms with E-state index in [1.807, 2.05) is 48.5 Å². The second-order valence-electron chi connectivity index (χ2n) is 8.71. The van der Waals surface area contributed by atoms with Gasteiger partial charge in [-0.15, -0.1) is 0 Å². The van der Waals surface area contributed by atoms with Gasteiger partial charge in [0.25, 0.3) is 11.8 Å². The summed E-state index contributed by atoms with van der Waals surface area (Å²) in [6, 6.07) is 20.4. The van der Waals surface area contributed by atoms with E-state index in [-0.39, 0.29) is 25.0 Å². The predicted molar refractivity (Wildman–Crippen MR) is 130 cm³/mol. The number of aromatic nitrogens is 1. The fourth-order valence-electron chi connectivity index (χ4n) is 4.62. The van der Waals surface area contributed by atoms with Crippen molar-refractivity contribution in [3.63, 3.8) is 0 Å². The Labute approximate surface area is 204 Å². The van der Waals surface area contributed by atoms with E-state index < -0.39 is 5.60 Å². The molecule has 8 nitrogen and oxygen atoms in total.